The fourth-order valence-corrected chi connectivity index (χ4v) is 1.54. The van der Waals surface area contributed by atoms with Crippen molar-refractivity contribution in [3.8, 4) is 0 Å². The molecule has 0 saturated heterocycles. The Morgan fingerprint density at radius 2 is 2.25 bits per heavy atom. The van der Waals surface area contributed by atoms with Gasteiger partial charge in [0.1, 0.15) is 11.4 Å². The van der Waals surface area contributed by atoms with Crippen LogP contribution < -0.4 is 0 Å². The highest BCUT2D eigenvalue weighted by Gasteiger charge is 2.13. The zero-order valence-electron chi connectivity index (χ0n) is 6.71. The van der Waals surface area contributed by atoms with Gasteiger partial charge in [-0.2, -0.15) is 0 Å². The number of halogens is 2. The highest BCUT2D eigenvalue weighted by molar-refractivity contribution is 9.09. The highest BCUT2D eigenvalue weighted by atomic mass is 79.9. The zero-order valence-corrected chi connectivity index (χ0v) is 9.12. The van der Waals surface area contributed by atoms with Gasteiger partial charge in [-0.05, 0) is 13.2 Å². The Morgan fingerprint density at radius 3 is 2.75 bits per heavy atom. The number of rotatable bonds is 2. The molecule has 0 radical (unpaired) electrons. The molecule has 0 amide bonds. The molecule has 0 fully saturated rings. The van der Waals surface area contributed by atoms with E-state index in [-0.39, 0.29) is 10.6 Å². The molecular weight excluding hydrogens is 243 g/mol. The molecule has 0 spiro atoms. The highest BCUT2D eigenvalue weighted by Crippen LogP contribution is 2.26. The van der Waals surface area contributed by atoms with E-state index in [0.717, 1.165) is 0 Å². The second-order valence-electron chi connectivity index (χ2n) is 2.20. The molecule has 0 N–H and O–H groups in total. The molecule has 1 unspecified atom stereocenters. The van der Waals surface area contributed by atoms with Crippen LogP contribution in [0.2, 0.25) is 0 Å². The fraction of sp³-hybridized carbons (Fsp3) is 0.429. The van der Waals surface area contributed by atoms with Gasteiger partial charge in [0, 0.05) is 0 Å². The summed E-state index contributed by atoms with van der Waals surface area (Å²) in [5, 5.41) is 0.395. The van der Waals surface area contributed by atoms with Gasteiger partial charge in [-0.25, -0.2) is 14.4 Å². The Balaban J connectivity index is 3.14. The van der Waals surface area contributed by atoms with E-state index in [2.05, 4.69) is 25.9 Å². The monoisotopic (exact) mass is 250 g/mol. The molecule has 0 aliphatic carbocycles. The van der Waals surface area contributed by atoms with E-state index in [1.165, 1.54) is 18.1 Å². The third-order valence-corrected chi connectivity index (χ3v) is 2.46. The van der Waals surface area contributed by atoms with Gasteiger partial charge in [-0.1, -0.05) is 15.9 Å². The SMILES string of the molecule is CSc1ncnc(C(C)Br)c1F. The summed E-state index contributed by atoms with van der Waals surface area (Å²) in [5.74, 6) is -0.325. The van der Waals surface area contributed by atoms with Crippen LogP contribution in [0.3, 0.4) is 0 Å². The molecule has 0 saturated carbocycles. The Labute approximate surface area is 83.1 Å². The van der Waals surface area contributed by atoms with Crippen molar-refractivity contribution >= 4 is 27.7 Å². The summed E-state index contributed by atoms with van der Waals surface area (Å²) < 4.78 is 13.3. The van der Waals surface area contributed by atoms with Gasteiger partial charge >= 0.3 is 0 Å². The zero-order chi connectivity index (χ0) is 9.14. The summed E-state index contributed by atoms with van der Waals surface area (Å²) >= 11 is 4.54. The Kier molecular flexibility index (Phi) is 3.46. The second-order valence-corrected chi connectivity index (χ2v) is 4.37. The standard InChI is InChI=1S/C7H8BrFN2S/c1-4(8)6-5(9)7(12-2)11-3-10-6/h3-4H,1-2H3. The third-order valence-electron chi connectivity index (χ3n) is 1.35. The molecule has 0 aliphatic heterocycles. The lowest BCUT2D eigenvalue weighted by Gasteiger charge is -2.05. The van der Waals surface area contributed by atoms with Gasteiger partial charge in [-0.3, -0.25) is 0 Å². The fourth-order valence-electron chi connectivity index (χ4n) is 0.786. The first-order valence-electron chi connectivity index (χ1n) is 3.35. The number of hydrogen-bond donors (Lipinski definition) is 0. The maximum Gasteiger partial charge on any atom is 0.177 e. The molecule has 1 atom stereocenters. The third kappa shape index (κ3) is 1.95. The summed E-state index contributed by atoms with van der Waals surface area (Å²) in [6.07, 6.45) is 3.16. The summed E-state index contributed by atoms with van der Waals surface area (Å²) in [5.41, 5.74) is 0.411. The van der Waals surface area contributed by atoms with E-state index >= 15 is 0 Å². The number of thioether (sulfide) groups is 1. The van der Waals surface area contributed by atoms with Crippen molar-refractivity contribution < 1.29 is 4.39 Å². The van der Waals surface area contributed by atoms with Crippen LogP contribution in [0, 0.1) is 5.82 Å². The molecule has 1 aromatic rings. The largest absolute Gasteiger partial charge is 0.237 e. The van der Waals surface area contributed by atoms with E-state index in [1.807, 2.05) is 6.92 Å². The second kappa shape index (κ2) is 4.18. The van der Waals surface area contributed by atoms with Crippen molar-refractivity contribution in [3.63, 3.8) is 0 Å². The molecule has 2 nitrogen and oxygen atoms in total. The minimum absolute atomic E-state index is 0.0774. The van der Waals surface area contributed by atoms with E-state index in [9.17, 15) is 4.39 Å². The molecule has 0 aromatic carbocycles. The van der Waals surface area contributed by atoms with E-state index in [1.54, 1.807) is 6.26 Å². The summed E-state index contributed by atoms with van der Waals surface area (Å²) in [7, 11) is 0. The van der Waals surface area contributed by atoms with Crippen molar-refractivity contribution in [1.82, 2.24) is 9.97 Å². The summed E-state index contributed by atoms with van der Waals surface area (Å²) in [6.45, 7) is 1.83. The molecule has 1 rings (SSSR count). The van der Waals surface area contributed by atoms with Gasteiger partial charge in [-0.15, -0.1) is 11.8 Å². The lowest BCUT2D eigenvalue weighted by molar-refractivity contribution is 0.559. The van der Waals surface area contributed by atoms with Crippen molar-refractivity contribution in [2.24, 2.45) is 0 Å². The lowest BCUT2D eigenvalue weighted by Crippen LogP contribution is -1.98. The average molecular weight is 251 g/mol. The first-order chi connectivity index (χ1) is 5.66. The van der Waals surface area contributed by atoms with E-state index in [4.69, 9.17) is 0 Å². The van der Waals surface area contributed by atoms with Gasteiger partial charge < -0.3 is 0 Å². The number of aromatic nitrogens is 2. The van der Waals surface area contributed by atoms with Gasteiger partial charge in [0.25, 0.3) is 0 Å². The number of nitrogens with zero attached hydrogens (tertiary/aromatic N) is 2. The normalized spacial score (nSPS) is 13.0. The molecular formula is C7H8BrFN2S. The minimum Gasteiger partial charge on any atom is -0.237 e. The van der Waals surface area contributed by atoms with Crippen molar-refractivity contribution in [2.75, 3.05) is 6.26 Å². The summed E-state index contributed by atoms with van der Waals surface area (Å²) in [4.78, 5) is 7.56. The minimum atomic E-state index is -0.325. The number of alkyl halides is 1. The molecule has 1 aromatic heterocycles. The quantitative estimate of drug-likeness (QED) is 0.459. The first kappa shape index (κ1) is 9.92. The van der Waals surface area contributed by atoms with Crippen LogP contribution in [0.25, 0.3) is 0 Å². The van der Waals surface area contributed by atoms with Gasteiger partial charge in [0.2, 0.25) is 0 Å². The van der Waals surface area contributed by atoms with E-state index < -0.39 is 0 Å². The van der Waals surface area contributed by atoms with Crippen LogP contribution in [-0.4, -0.2) is 16.2 Å². The van der Waals surface area contributed by atoms with Crippen LogP contribution >= 0.6 is 27.7 Å². The van der Waals surface area contributed by atoms with Crippen molar-refractivity contribution in [1.29, 1.82) is 0 Å². The smallest absolute Gasteiger partial charge is 0.177 e. The Hall–Kier alpha value is -0.160. The van der Waals surface area contributed by atoms with Crippen LogP contribution in [0.5, 0.6) is 0 Å². The van der Waals surface area contributed by atoms with Crippen LogP contribution in [0.4, 0.5) is 4.39 Å². The number of hydrogen-bond acceptors (Lipinski definition) is 3. The molecule has 5 heteroatoms. The predicted molar refractivity (Wildman–Crippen MR) is 51.1 cm³/mol. The maximum absolute atomic E-state index is 13.3. The molecule has 1 heterocycles. The van der Waals surface area contributed by atoms with Crippen LogP contribution in [0.1, 0.15) is 17.4 Å². The lowest BCUT2D eigenvalue weighted by atomic mass is 10.3. The Morgan fingerprint density at radius 1 is 1.58 bits per heavy atom. The molecule has 0 bridgehead atoms. The van der Waals surface area contributed by atoms with Crippen molar-refractivity contribution in [2.45, 2.75) is 16.8 Å². The van der Waals surface area contributed by atoms with Crippen molar-refractivity contribution in [3.05, 3.63) is 17.8 Å². The molecule has 12 heavy (non-hydrogen) atoms. The predicted octanol–water partition coefficient (Wildman–Crippen LogP) is 2.79. The van der Waals surface area contributed by atoms with Crippen LogP contribution in [-0.2, 0) is 0 Å². The van der Waals surface area contributed by atoms with E-state index in [0.29, 0.717) is 10.7 Å². The molecule has 0 aliphatic rings. The average Bonchev–Trinajstić information content (AvgIpc) is 2.04. The van der Waals surface area contributed by atoms with Gasteiger partial charge in [0.05, 0.1) is 10.5 Å². The van der Waals surface area contributed by atoms with Crippen LogP contribution in [0.15, 0.2) is 11.4 Å². The summed E-state index contributed by atoms with van der Waals surface area (Å²) in [6, 6.07) is 0. The molecule has 66 valence electrons. The first-order valence-corrected chi connectivity index (χ1v) is 5.49. The Bertz CT molecular complexity index is 280. The van der Waals surface area contributed by atoms with Gasteiger partial charge in [0.15, 0.2) is 5.82 Å². The topological polar surface area (TPSA) is 25.8 Å². The maximum atomic E-state index is 13.3.